The van der Waals surface area contributed by atoms with Crippen molar-refractivity contribution in [1.29, 1.82) is 0 Å². The molecule has 7 nitrogen and oxygen atoms in total. The van der Waals surface area contributed by atoms with Crippen LogP contribution in [0.5, 0.6) is 5.75 Å². The van der Waals surface area contributed by atoms with Crippen LogP contribution < -0.4 is 10.1 Å². The summed E-state index contributed by atoms with van der Waals surface area (Å²) in [5, 5.41) is 16.3. The lowest BCUT2D eigenvalue weighted by Crippen LogP contribution is -2.14. The third-order valence-corrected chi connectivity index (χ3v) is 4.69. The second-order valence-electron chi connectivity index (χ2n) is 5.77. The zero-order chi connectivity index (χ0) is 19.2. The van der Waals surface area contributed by atoms with E-state index in [4.69, 9.17) is 4.74 Å². The van der Waals surface area contributed by atoms with Crippen molar-refractivity contribution < 1.29 is 14.5 Å². The molecule has 138 valence electrons. The number of anilines is 1. The van der Waals surface area contributed by atoms with Gasteiger partial charge < -0.3 is 10.1 Å². The zero-order valence-corrected chi connectivity index (χ0v) is 15.4. The van der Waals surface area contributed by atoms with E-state index in [1.165, 1.54) is 17.4 Å². The molecule has 0 radical (unpaired) electrons. The number of rotatable bonds is 7. The quantitative estimate of drug-likeness (QED) is 0.489. The Bertz CT molecular complexity index is 957. The fourth-order valence-electron chi connectivity index (χ4n) is 2.47. The summed E-state index contributed by atoms with van der Waals surface area (Å²) in [6.07, 6.45) is 0.176. The molecule has 8 heteroatoms. The van der Waals surface area contributed by atoms with Gasteiger partial charge in [-0.15, -0.1) is 11.3 Å². The highest BCUT2D eigenvalue weighted by molar-refractivity contribution is 7.09. The van der Waals surface area contributed by atoms with Gasteiger partial charge in [-0.3, -0.25) is 14.9 Å². The number of carbonyl (C=O) groups is 1. The van der Waals surface area contributed by atoms with Crippen LogP contribution >= 0.6 is 11.3 Å². The van der Waals surface area contributed by atoms with Crippen LogP contribution in [-0.2, 0) is 17.8 Å². The Balaban J connectivity index is 1.58. The first kappa shape index (κ1) is 18.5. The average Bonchev–Trinajstić information content (AvgIpc) is 3.08. The summed E-state index contributed by atoms with van der Waals surface area (Å²) in [7, 11) is 0. The molecule has 0 spiro atoms. The summed E-state index contributed by atoms with van der Waals surface area (Å²) >= 11 is 1.38. The predicted octanol–water partition coefficient (Wildman–Crippen LogP) is 4.12. The van der Waals surface area contributed by atoms with Gasteiger partial charge in [-0.05, 0) is 25.1 Å². The second kappa shape index (κ2) is 8.41. The SMILES string of the molecule is Cc1c(OCc2csc(CC(=O)Nc3ccccc3)n2)cccc1[N+](=O)[O-]. The van der Waals surface area contributed by atoms with Crippen LogP contribution in [0.3, 0.4) is 0 Å². The minimum absolute atomic E-state index is 0.0176. The van der Waals surface area contributed by atoms with E-state index in [2.05, 4.69) is 10.3 Å². The third kappa shape index (κ3) is 4.89. The summed E-state index contributed by atoms with van der Waals surface area (Å²) in [5.41, 5.74) is 1.90. The van der Waals surface area contributed by atoms with Crippen LogP contribution in [0.2, 0.25) is 0 Å². The van der Waals surface area contributed by atoms with E-state index in [1.54, 1.807) is 19.1 Å². The molecule has 1 N–H and O–H groups in total. The van der Waals surface area contributed by atoms with Crippen LogP contribution in [0.25, 0.3) is 0 Å². The summed E-state index contributed by atoms with van der Waals surface area (Å²) in [6, 6.07) is 13.9. The summed E-state index contributed by atoms with van der Waals surface area (Å²) in [4.78, 5) is 27.0. The Morgan fingerprint density at radius 3 is 2.74 bits per heavy atom. The first-order valence-corrected chi connectivity index (χ1v) is 9.06. The van der Waals surface area contributed by atoms with Crippen molar-refractivity contribution in [2.75, 3.05) is 5.32 Å². The Morgan fingerprint density at radius 2 is 2.00 bits per heavy atom. The molecule has 0 fully saturated rings. The minimum atomic E-state index is -0.436. The van der Waals surface area contributed by atoms with E-state index in [1.807, 2.05) is 35.7 Å². The summed E-state index contributed by atoms with van der Waals surface area (Å²) in [5.74, 6) is 0.304. The lowest BCUT2D eigenvalue weighted by atomic mass is 10.2. The normalized spacial score (nSPS) is 10.4. The highest BCUT2D eigenvalue weighted by atomic mass is 32.1. The molecule has 1 aromatic heterocycles. The number of amides is 1. The Kier molecular flexibility index (Phi) is 5.77. The smallest absolute Gasteiger partial charge is 0.276 e. The van der Waals surface area contributed by atoms with Crippen molar-refractivity contribution >= 4 is 28.6 Å². The van der Waals surface area contributed by atoms with Crippen LogP contribution in [-0.4, -0.2) is 15.8 Å². The largest absolute Gasteiger partial charge is 0.487 e. The number of carbonyl (C=O) groups excluding carboxylic acids is 1. The highest BCUT2D eigenvalue weighted by Crippen LogP contribution is 2.27. The van der Waals surface area contributed by atoms with E-state index in [9.17, 15) is 14.9 Å². The van der Waals surface area contributed by atoms with Crippen molar-refractivity contribution in [3.63, 3.8) is 0 Å². The van der Waals surface area contributed by atoms with Gasteiger partial charge in [0.25, 0.3) is 5.69 Å². The molecule has 0 bridgehead atoms. The fraction of sp³-hybridized carbons (Fsp3) is 0.158. The molecule has 0 atom stereocenters. The number of nitrogens with zero attached hydrogens (tertiary/aromatic N) is 2. The lowest BCUT2D eigenvalue weighted by Gasteiger charge is -2.07. The maximum Gasteiger partial charge on any atom is 0.276 e. The van der Waals surface area contributed by atoms with Crippen molar-refractivity contribution in [3.8, 4) is 5.75 Å². The van der Waals surface area contributed by atoms with Crippen molar-refractivity contribution in [1.82, 2.24) is 4.98 Å². The number of benzene rings is 2. The number of nitro benzene ring substituents is 1. The number of ether oxygens (including phenoxy) is 1. The van der Waals surface area contributed by atoms with Gasteiger partial charge in [0, 0.05) is 17.1 Å². The second-order valence-corrected chi connectivity index (χ2v) is 6.71. The van der Waals surface area contributed by atoms with E-state index < -0.39 is 4.92 Å². The van der Waals surface area contributed by atoms with Gasteiger partial charge in [0.05, 0.1) is 22.6 Å². The van der Waals surface area contributed by atoms with Crippen molar-refractivity contribution in [3.05, 3.63) is 80.3 Å². The molecule has 1 amide bonds. The zero-order valence-electron chi connectivity index (χ0n) is 14.5. The number of thiazole rings is 1. The lowest BCUT2D eigenvalue weighted by molar-refractivity contribution is -0.385. The van der Waals surface area contributed by atoms with Gasteiger partial charge in [0.1, 0.15) is 17.4 Å². The summed E-state index contributed by atoms with van der Waals surface area (Å²) < 4.78 is 5.67. The number of hydrogen-bond acceptors (Lipinski definition) is 6. The Hall–Kier alpha value is -3.26. The Morgan fingerprint density at radius 1 is 1.22 bits per heavy atom. The standard InChI is InChI=1S/C19H17N3O4S/c1-13-16(22(24)25)8-5-9-17(13)26-11-15-12-27-19(21-15)10-18(23)20-14-6-3-2-4-7-14/h2-9,12H,10-11H2,1H3,(H,20,23). The number of nitrogens with one attached hydrogen (secondary N) is 1. The molecule has 0 saturated carbocycles. The molecule has 0 unspecified atom stereocenters. The third-order valence-electron chi connectivity index (χ3n) is 3.80. The molecule has 0 aliphatic heterocycles. The molecule has 2 aromatic carbocycles. The fourth-order valence-corrected chi connectivity index (χ4v) is 3.25. The molecule has 27 heavy (non-hydrogen) atoms. The molecule has 0 saturated heterocycles. The number of hydrogen-bond donors (Lipinski definition) is 1. The molecule has 0 aliphatic rings. The molecule has 3 aromatic rings. The molecule has 3 rings (SSSR count). The van der Waals surface area contributed by atoms with Gasteiger partial charge >= 0.3 is 0 Å². The first-order chi connectivity index (χ1) is 13.0. The van der Waals surface area contributed by atoms with Crippen LogP contribution in [0.1, 0.15) is 16.3 Å². The highest BCUT2D eigenvalue weighted by Gasteiger charge is 2.15. The van der Waals surface area contributed by atoms with Gasteiger partial charge in [-0.2, -0.15) is 0 Å². The van der Waals surface area contributed by atoms with Gasteiger partial charge in [-0.1, -0.05) is 24.3 Å². The molecular formula is C19H17N3O4S. The monoisotopic (exact) mass is 383 g/mol. The van der Waals surface area contributed by atoms with Crippen LogP contribution in [0.4, 0.5) is 11.4 Å². The van der Waals surface area contributed by atoms with Crippen molar-refractivity contribution in [2.24, 2.45) is 0 Å². The van der Waals surface area contributed by atoms with Gasteiger partial charge in [0.15, 0.2) is 0 Å². The van der Waals surface area contributed by atoms with Gasteiger partial charge in [0.2, 0.25) is 5.91 Å². The minimum Gasteiger partial charge on any atom is -0.487 e. The molecule has 0 aliphatic carbocycles. The number of para-hydroxylation sites is 1. The number of aromatic nitrogens is 1. The van der Waals surface area contributed by atoms with E-state index in [0.717, 1.165) is 5.69 Å². The van der Waals surface area contributed by atoms with Crippen molar-refractivity contribution in [2.45, 2.75) is 20.0 Å². The van der Waals surface area contributed by atoms with E-state index in [0.29, 0.717) is 22.0 Å². The average molecular weight is 383 g/mol. The predicted molar refractivity (Wildman–Crippen MR) is 103 cm³/mol. The van der Waals surface area contributed by atoms with Crippen LogP contribution in [0.15, 0.2) is 53.9 Å². The maximum absolute atomic E-state index is 12.1. The first-order valence-electron chi connectivity index (χ1n) is 8.18. The maximum atomic E-state index is 12.1. The Labute approximate surface area is 159 Å². The van der Waals surface area contributed by atoms with Gasteiger partial charge in [-0.25, -0.2) is 4.98 Å². The topological polar surface area (TPSA) is 94.4 Å². The summed E-state index contributed by atoms with van der Waals surface area (Å²) in [6.45, 7) is 1.83. The van der Waals surface area contributed by atoms with E-state index in [-0.39, 0.29) is 24.6 Å². The molecule has 1 heterocycles. The van der Waals surface area contributed by atoms with E-state index >= 15 is 0 Å². The number of nitro groups is 1. The molecular weight excluding hydrogens is 366 g/mol. The van der Waals surface area contributed by atoms with Crippen LogP contribution in [0, 0.1) is 17.0 Å².